The van der Waals surface area contributed by atoms with E-state index in [-0.39, 0.29) is 5.82 Å². The molecule has 0 N–H and O–H groups in total. The smallest absolute Gasteiger partial charge is 0.131 e. The van der Waals surface area contributed by atoms with E-state index in [2.05, 4.69) is 19.1 Å². The first-order valence-electron chi connectivity index (χ1n) is 4.84. The number of terminal acetylenes is 1. The Morgan fingerprint density at radius 1 is 1.38 bits per heavy atom. The first-order valence-corrected chi connectivity index (χ1v) is 4.84. The molecule has 80 valence electrons. The van der Waals surface area contributed by atoms with Gasteiger partial charge in [-0.25, -0.2) is 4.39 Å². The number of benzene rings is 1. The Labute approximate surface area is 95.8 Å². The highest BCUT2D eigenvalue weighted by Gasteiger charge is 2.07. The van der Waals surface area contributed by atoms with E-state index in [1.54, 1.807) is 24.3 Å². The third-order valence-electron chi connectivity index (χ3n) is 2.13. The summed E-state index contributed by atoms with van der Waals surface area (Å²) >= 11 is 0. The Morgan fingerprint density at radius 3 is 2.50 bits per heavy atom. The largest absolute Gasteiger partial charge is 0.206 e. The number of hydrogen-bond acceptors (Lipinski definition) is 0. The molecule has 0 unspecified atom stereocenters. The molecular formula is C15H13F. The topological polar surface area (TPSA) is 0 Å². The SMILES string of the molecule is C#CC(=C)/C=C(\C(=C)C)c1ccccc1F. The van der Waals surface area contributed by atoms with Crippen LogP contribution in [0.2, 0.25) is 0 Å². The Balaban J connectivity index is 3.31. The van der Waals surface area contributed by atoms with Crippen LogP contribution in [0.5, 0.6) is 0 Å². The van der Waals surface area contributed by atoms with Gasteiger partial charge in [0.15, 0.2) is 0 Å². The number of hydrogen-bond donors (Lipinski definition) is 0. The lowest BCUT2D eigenvalue weighted by atomic mass is 9.97. The van der Waals surface area contributed by atoms with Gasteiger partial charge in [0.2, 0.25) is 0 Å². The summed E-state index contributed by atoms with van der Waals surface area (Å²) in [6, 6.07) is 6.52. The maximum Gasteiger partial charge on any atom is 0.131 e. The molecule has 1 aromatic rings. The molecule has 0 saturated carbocycles. The minimum Gasteiger partial charge on any atom is -0.206 e. The second kappa shape index (κ2) is 5.14. The van der Waals surface area contributed by atoms with E-state index in [1.807, 2.05) is 6.92 Å². The summed E-state index contributed by atoms with van der Waals surface area (Å²) < 4.78 is 13.6. The summed E-state index contributed by atoms with van der Waals surface area (Å²) in [6.45, 7) is 9.30. The quantitative estimate of drug-likeness (QED) is 0.525. The van der Waals surface area contributed by atoms with Crippen LogP contribution >= 0.6 is 0 Å². The normalized spacial score (nSPS) is 10.7. The van der Waals surface area contributed by atoms with Crippen molar-refractivity contribution < 1.29 is 4.39 Å². The predicted molar refractivity (Wildman–Crippen MR) is 67.2 cm³/mol. The zero-order chi connectivity index (χ0) is 12.1. The molecule has 0 saturated heterocycles. The summed E-state index contributed by atoms with van der Waals surface area (Å²) in [5.41, 5.74) is 2.43. The molecule has 0 amide bonds. The zero-order valence-electron chi connectivity index (χ0n) is 9.26. The molecule has 0 aromatic heterocycles. The van der Waals surface area contributed by atoms with Crippen LogP contribution in [-0.2, 0) is 0 Å². The van der Waals surface area contributed by atoms with E-state index in [0.29, 0.717) is 16.7 Å². The van der Waals surface area contributed by atoms with Gasteiger partial charge in [-0.1, -0.05) is 42.9 Å². The van der Waals surface area contributed by atoms with Gasteiger partial charge in [0.1, 0.15) is 5.82 Å². The molecule has 1 rings (SSSR count). The van der Waals surface area contributed by atoms with Gasteiger partial charge in [-0.3, -0.25) is 0 Å². The Morgan fingerprint density at radius 2 is 2.00 bits per heavy atom. The van der Waals surface area contributed by atoms with E-state index in [1.165, 1.54) is 6.07 Å². The van der Waals surface area contributed by atoms with Gasteiger partial charge in [-0.15, -0.1) is 6.42 Å². The van der Waals surface area contributed by atoms with Crippen molar-refractivity contribution in [1.82, 2.24) is 0 Å². The maximum absolute atomic E-state index is 13.6. The Kier molecular flexibility index (Phi) is 3.85. The fourth-order valence-corrected chi connectivity index (χ4v) is 1.33. The highest BCUT2D eigenvalue weighted by Crippen LogP contribution is 2.25. The highest BCUT2D eigenvalue weighted by molar-refractivity contribution is 5.80. The molecule has 0 aliphatic carbocycles. The maximum atomic E-state index is 13.6. The summed E-state index contributed by atoms with van der Waals surface area (Å²) in [4.78, 5) is 0. The van der Waals surface area contributed by atoms with Gasteiger partial charge in [-0.05, 0) is 24.6 Å². The molecule has 0 atom stereocenters. The minimum absolute atomic E-state index is 0.290. The number of rotatable bonds is 3. The van der Waals surface area contributed by atoms with Gasteiger partial charge in [0.05, 0.1) is 0 Å². The van der Waals surface area contributed by atoms with Crippen molar-refractivity contribution in [2.24, 2.45) is 0 Å². The van der Waals surface area contributed by atoms with Crippen molar-refractivity contribution in [1.29, 1.82) is 0 Å². The van der Waals surface area contributed by atoms with Crippen LogP contribution in [0, 0.1) is 18.2 Å². The summed E-state index contributed by atoms with van der Waals surface area (Å²) in [6.07, 6.45) is 6.89. The van der Waals surface area contributed by atoms with E-state index < -0.39 is 0 Å². The molecule has 1 aromatic carbocycles. The van der Waals surface area contributed by atoms with Gasteiger partial charge >= 0.3 is 0 Å². The predicted octanol–water partition coefficient (Wildman–Crippen LogP) is 3.97. The lowest BCUT2D eigenvalue weighted by Gasteiger charge is -2.08. The van der Waals surface area contributed by atoms with Crippen LogP contribution in [0.3, 0.4) is 0 Å². The molecule has 0 fully saturated rings. The van der Waals surface area contributed by atoms with Crippen LogP contribution in [0.1, 0.15) is 12.5 Å². The average Bonchev–Trinajstić information content (AvgIpc) is 2.26. The van der Waals surface area contributed by atoms with Crippen molar-refractivity contribution in [3.63, 3.8) is 0 Å². The summed E-state index contributed by atoms with van der Waals surface area (Å²) in [5.74, 6) is 2.11. The molecular weight excluding hydrogens is 199 g/mol. The lowest BCUT2D eigenvalue weighted by molar-refractivity contribution is 0.624. The van der Waals surface area contributed by atoms with Gasteiger partial charge in [0, 0.05) is 11.1 Å². The molecule has 0 nitrogen and oxygen atoms in total. The third kappa shape index (κ3) is 2.71. The lowest BCUT2D eigenvalue weighted by Crippen LogP contribution is -1.91. The first-order chi connectivity index (χ1) is 7.56. The van der Waals surface area contributed by atoms with Gasteiger partial charge in [0.25, 0.3) is 0 Å². The fraction of sp³-hybridized carbons (Fsp3) is 0.0667. The minimum atomic E-state index is -0.290. The van der Waals surface area contributed by atoms with Crippen LogP contribution in [0.4, 0.5) is 4.39 Å². The standard InChI is InChI=1S/C15H13F/c1-5-12(4)10-14(11(2)3)13-8-6-7-9-15(13)16/h1,6-10H,2,4H2,3H3/b14-10+. The second-order valence-corrected chi connectivity index (χ2v) is 3.49. The molecule has 16 heavy (non-hydrogen) atoms. The molecule has 0 aliphatic rings. The summed E-state index contributed by atoms with van der Waals surface area (Å²) in [5, 5.41) is 0. The van der Waals surface area contributed by atoms with Crippen molar-refractivity contribution in [2.45, 2.75) is 6.92 Å². The fourth-order valence-electron chi connectivity index (χ4n) is 1.33. The van der Waals surface area contributed by atoms with E-state index in [4.69, 9.17) is 6.42 Å². The van der Waals surface area contributed by atoms with E-state index >= 15 is 0 Å². The monoisotopic (exact) mass is 212 g/mol. The van der Waals surface area contributed by atoms with Gasteiger partial charge in [-0.2, -0.15) is 0 Å². The van der Waals surface area contributed by atoms with Crippen LogP contribution in [0.15, 0.2) is 54.6 Å². The van der Waals surface area contributed by atoms with Crippen molar-refractivity contribution in [2.75, 3.05) is 0 Å². The van der Waals surface area contributed by atoms with Crippen molar-refractivity contribution >= 4 is 5.57 Å². The number of halogens is 1. The van der Waals surface area contributed by atoms with Crippen LogP contribution < -0.4 is 0 Å². The van der Waals surface area contributed by atoms with E-state index in [9.17, 15) is 4.39 Å². The summed E-state index contributed by atoms with van der Waals surface area (Å²) in [7, 11) is 0. The molecule has 0 radical (unpaired) electrons. The van der Waals surface area contributed by atoms with E-state index in [0.717, 1.165) is 5.57 Å². The van der Waals surface area contributed by atoms with Crippen molar-refractivity contribution in [3.05, 3.63) is 66.0 Å². The molecule has 0 spiro atoms. The molecule has 0 heterocycles. The number of allylic oxidation sites excluding steroid dienone is 4. The van der Waals surface area contributed by atoms with Crippen LogP contribution in [-0.4, -0.2) is 0 Å². The average molecular weight is 212 g/mol. The third-order valence-corrected chi connectivity index (χ3v) is 2.13. The molecule has 1 heteroatoms. The Hall–Kier alpha value is -2.07. The molecule has 0 aliphatic heterocycles. The Bertz CT molecular complexity index is 498. The zero-order valence-corrected chi connectivity index (χ0v) is 9.26. The molecule has 0 bridgehead atoms. The second-order valence-electron chi connectivity index (χ2n) is 3.49. The highest BCUT2D eigenvalue weighted by atomic mass is 19.1. The first kappa shape index (κ1) is 12.0. The van der Waals surface area contributed by atoms with Crippen molar-refractivity contribution in [3.8, 4) is 12.3 Å². The van der Waals surface area contributed by atoms with Crippen LogP contribution in [0.25, 0.3) is 5.57 Å². The van der Waals surface area contributed by atoms with Gasteiger partial charge < -0.3 is 0 Å².